The van der Waals surface area contributed by atoms with Gasteiger partial charge in [0.25, 0.3) is 0 Å². The quantitative estimate of drug-likeness (QED) is 0.354. The predicted molar refractivity (Wildman–Crippen MR) is 31.9 cm³/mol. The van der Waals surface area contributed by atoms with Gasteiger partial charge in [-0.3, -0.25) is 0 Å². The molecule has 4 nitrogen and oxygen atoms in total. The molecular formula is C5H11NO3. The zero-order valence-electron chi connectivity index (χ0n) is 5.12. The van der Waals surface area contributed by atoms with Crippen LogP contribution in [0.3, 0.4) is 0 Å². The molecule has 0 saturated carbocycles. The van der Waals surface area contributed by atoms with Gasteiger partial charge in [0.2, 0.25) is 0 Å². The second kappa shape index (κ2) is 5.68. The lowest BCUT2D eigenvalue weighted by molar-refractivity contribution is -0.117. The third-order valence-corrected chi connectivity index (χ3v) is 0.708. The van der Waals surface area contributed by atoms with Gasteiger partial charge in [0.05, 0.1) is 13.2 Å². The highest BCUT2D eigenvalue weighted by atomic mass is 16.5. The summed E-state index contributed by atoms with van der Waals surface area (Å²) in [7, 11) is 0. The zero-order valence-corrected chi connectivity index (χ0v) is 5.12. The smallest absolute Gasteiger partial charge is 0.150 e. The number of aldehydes is 1. The van der Waals surface area contributed by atoms with Gasteiger partial charge in [-0.05, 0) is 0 Å². The Bertz CT molecular complexity index is 76.6. The third-order valence-electron chi connectivity index (χ3n) is 0.708. The van der Waals surface area contributed by atoms with Gasteiger partial charge in [-0.1, -0.05) is 0 Å². The van der Waals surface area contributed by atoms with Gasteiger partial charge in [0.1, 0.15) is 6.10 Å². The fourth-order valence-corrected chi connectivity index (χ4v) is 0.327. The first kappa shape index (κ1) is 8.55. The first-order valence-corrected chi connectivity index (χ1v) is 2.72. The van der Waals surface area contributed by atoms with Crippen LogP contribution < -0.4 is 5.73 Å². The summed E-state index contributed by atoms with van der Waals surface area (Å²) >= 11 is 0. The number of nitrogens with two attached hydrogens (primary N) is 1. The Hall–Kier alpha value is -0.450. The normalized spacial score (nSPS) is 13.1. The molecule has 54 valence electrons. The van der Waals surface area contributed by atoms with Crippen molar-refractivity contribution in [3.05, 3.63) is 0 Å². The lowest BCUT2D eigenvalue weighted by Gasteiger charge is -2.01. The molecule has 0 aliphatic carbocycles. The predicted octanol–water partition coefficient (Wildman–Crippen LogP) is -1.48. The number of rotatable bonds is 5. The molecule has 0 fully saturated rings. The lowest BCUT2D eigenvalue weighted by atomic mass is 10.4. The molecule has 1 unspecified atom stereocenters. The molecule has 0 spiro atoms. The molecule has 0 radical (unpaired) electrons. The first-order valence-electron chi connectivity index (χ1n) is 2.72. The van der Waals surface area contributed by atoms with E-state index in [-0.39, 0.29) is 6.61 Å². The zero-order chi connectivity index (χ0) is 7.11. The van der Waals surface area contributed by atoms with Crippen molar-refractivity contribution in [1.82, 2.24) is 0 Å². The number of aliphatic hydroxyl groups excluding tert-OH is 1. The lowest BCUT2D eigenvalue weighted by Crippen LogP contribution is -2.19. The highest BCUT2D eigenvalue weighted by Crippen LogP contribution is 1.78. The maximum atomic E-state index is 9.74. The fourth-order valence-electron chi connectivity index (χ4n) is 0.327. The standard InChI is InChI=1S/C5H11NO3/c6-1-2-9-4-5(8)3-7/h3,5,8H,1-2,4,6H2. The molecule has 0 heterocycles. The van der Waals surface area contributed by atoms with Crippen LogP contribution in [0.2, 0.25) is 0 Å². The Labute approximate surface area is 53.6 Å². The molecule has 0 aromatic carbocycles. The summed E-state index contributed by atoms with van der Waals surface area (Å²) in [6.07, 6.45) is -0.576. The molecule has 0 aliphatic rings. The minimum atomic E-state index is -1.00. The molecule has 0 aromatic rings. The average molecular weight is 133 g/mol. The van der Waals surface area contributed by atoms with Crippen molar-refractivity contribution in [2.24, 2.45) is 5.73 Å². The van der Waals surface area contributed by atoms with Crippen LogP contribution in [-0.4, -0.2) is 37.3 Å². The summed E-state index contributed by atoms with van der Waals surface area (Å²) in [6, 6.07) is 0. The van der Waals surface area contributed by atoms with Gasteiger partial charge in [0.15, 0.2) is 6.29 Å². The summed E-state index contributed by atoms with van der Waals surface area (Å²) in [5.41, 5.74) is 5.06. The van der Waals surface area contributed by atoms with Crippen molar-refractivity contribution in [3.8, 4) is 0 Å². The van der Waals surface area contributed by atoms with Crippen LogP contribution in [0.5, 0.6) is 0 Å². The van der Waals surface area contributed by atoms with Crippen LogP contribution in [0.4, 0.5) is 0 Å². The maximum absolute atomic E-state index is 9.74. The minimum Gasteiger partial charge on any atom is -0.383 e. The Morgan fingerprint density at radius 3 is 2.89 bits per heavy atom. The second-order valence-corrected chi connectivity index (χ2v) is 1.57. The van der Waals surface area contributed by atoms with E-state index in [1.807, 2.05) is 0 Å². The SMILES string of the molecule is NCCOCC(O)C=O. The number of carbonyl (C=O) groups excluding carboxylic acids is 1. The number of hydrogen-bond acceptors (Lipinski definition) is 4. The average Bonchev–Trinajstić information content (AvgIpc) is 1.89. The molecule has 0 bridgehead atoms. The monoisotopic (exact) mass is 133 g/mol. The Kier molecular flexibility index (Phi) is 5.40. The van der Waals surface area contributed by atoms with Crippen LogP contribution in [0.15, 0.2) is 0 Å². The van der Waals surface area contributed by atoms with Gasteiger partial charge in [0, 0.05) is 6.54 Å². The van der Waals surface area contributed by atoms with Crippen LogP contribution in [0, 0.1) is 0 Å². The minimum absolute atomic E-state index is 0.0424. The Morgan fingerprint density at radius 1 is 1.78 bits per heavy atom. The van der Waals surface area contributed by atoms with Crippen LogP contribution in [-0.2, 0) is 9.53 Å². The number of hydrogen-bond donors (Lipinski definition) is 2. The van der Waals surface area contributed by atoms with Gasteiger partial charge in [-0.2, -0.15) is 0 Å². The third kappa shape index (κ3) is 5.42. The molecule has 3 N–H and O–H groups in total. The van der Waals surface area contributed by atoms with Crippen LogP contribution in [0.1, 0.15) is 0 Å². The van der Waals surface area contributed by atoms with E-state index in [9.17, 15) is 4.79 Å². The van der Waals surface area contributed by atoms with E-state index in [4.69, 9.17) is 15.6 Å². The molecule has 4 heteroatoms. The molecule has 0 amide bonds. The van der Waals surface area contributed by atoms with Crippen molar-refractivity contribution in [1.29, 1.82) is 0 Å². The molecule has 0 saturated heterocycles. The largest absolute Gasteiger partial charge is 0.383 e. The van der Waals surface area contributed by atoms with Crippen molar-refractivity contribution < 1.29 is 14.6 Å². The molecule has 0 aliphatic heterocycles. The Balaban J connectivity index is 2.96. The van der Waals surface area contributed by atoms with Gasteiger partial charge in [-0.15, -0.1) is 0 Å². The van der Waals surface area contributed by atoms with E-state index in [2.05, 4.69) is 0 Å². The van der Waals surface area contributed by atoms with Crippen molar-refractivity contribution in [2.75, 3.05) is 19.8 Å². The van der Waals surface area contributed by atoms with Gasteiger partial charge in [-0.25, -0.2) is 0 Å². The number of ether oxygens (including phenoxy) is 1. The highest BCUT2D eigenvalue weighted by Gasteiger charge is 1.98. The van der Waals surface area contributed by atoms with E-state index in [1.54, 1.807) is 0 Å². The van der Waals surface area contributed by atoms with E-state index in [0.717, 1.165) is 0 Å². The summed E-state index contributed by atoms with van der Waals surface area (Å²) in [4.78, 5) is 9.74. The maximum Gasteiger partial charge on any atom is 0.150 e. The molecule has 1 atom stereocenters. The summed E-state index contributed by atoms with van der Waals surface area (Å²) in [6.45, 7) is 0.831. The van der Waals surface area contributed by atoms with E-state index < -0.39 is 6.10 Å². The van der Waals surface area contributed by atoms with Crippen molar-refractivity contribution in [3.63, 3.8) is 0 Å². The van der Waals surface area contributed by atoms with Crippen LogP contribution in [0.25, 0.3) is 0 Å². The van der Waals surface area contributed by atoms with Gasteiger partial charge >= 0.3 is 0 Å². The van der Waals surface area contributed by atoms with Crippen LogP contribution >= 0.6 is 0 Å². The summed E-state index contributed by atoms with van der Waals surface area (Å²) in [5, 5.41) is 8.55. The van der Waals surface area contributed by atoms with E-state index >= 15 is 0 Å². The molecule has 0 rings (SSSR count). The molecular weight excluding hydrogens is 122 g/mol. The van der Waals surface area contributed by atoms with Gasteiger partial charge < -0.3 is 20.4 Å². The van der Waals surface area contributed by atoms with Crippen molar-refractivity contribution in [2.45, 2.75) is 6.10 Å². The second-order valence-electron chi connectivity index (χ2n) is 1.57. The fraction of sp³-hybridized carbons (Fsp3) is 0.800. The highest BCUT2D eigenvalue weighted by molar-refractivity contribution is 5.55. The summed E-state index contributed by atoms with van der Waals surface area (Å²) in [5.74, 6) is 0. The van der Waals surface area contributed by atoms with E-state index in [0.29, 0.717) is 19.4 Å². The first-order chi connectivity index (χ1) is 4.31. The van der Waals surface area contributed by atoms with E-state index in [1.165, 1.54) is 0 Å². The van der Waals surface area contributed by atoms with Crippen molar-refractivity contribution >= 4 is 6.29 Å². The number of aliphatic hydroxyl groups is 1. The Morgan fingerprint density at radius 2 is 2.44 bits per heavy atom. The topological polar surface area (TPSA) is 72.6 Å². The summed E-state index contributed by atoms with van der Waals surface area (Å²) < 4.78 is 4.73. The number of carbonyl (C=O) groups is 1. The molecule has 9 heavy (non-hydrogen) atoms. The molecule has 0 aromatic heterocycles.